The minimum absolute atomic E-state index is 0.280. The van der Waals surface area contributed by atoms with Crippen LogP contribution in [-0.2, 0) is 0 Å². The molecule has 0 aliphatic rings. The maximum absolute atomic E-state index is 9.43. The normalized spacial score (nSPS) is 12.2. The average molecular weight is 389 g/mol. The highest BCUT2D eigenvalue weighted by molar-refractivity contribution is 5.66. The van der Waals surface area contributed by atoms with Gasteiger partial charge in [-0.15, -0.1) is 0 Å². The van der Waals surface area contributed by atoms with Crippen LogP contribution in [0.15, 0.2) is 66.5 Å². The van der Waals surface area contributed by atoms with E-state index in [9.17, 15) is 10.2 Å². The van der Waals surface area contributed by atoms with Crippen molar-refractivity contribution in [2.24, 2.45) is 5.92 Å². The molecule has 0 aromatic heterocycles. The van der Waals surface area contributed by atoms with Crippen LogP contribution in [0.3, 0.4) is 0 Å². The number of aliphatic hydroxyl groups excluding tert-OH is 1. The van der Waals surface area contributed by atoms with Gasteiger partial charge in [0.2, 0.25) is 0 Å². The highest BCUT2D eigenvalue weighted by atomic mass is 16.3. The molecule has 1 unspecified atom stereocenters. The molecule has 0 saturated carbocycles. The van der Waals surface area contributed by atoms with Crippen LogP contribution in [-0.4, -0.2) is 10.2 Å². The number of phenolic OH excluding ortho intramolecular Hbond substituents is 1. The van der Waals surface area contributed by atoms with Gasteiger partial charge in [0.15, 0.2) is 0 Å². The van der Waals surface area contributed by atoms with Crippen molar-refractivity contribution in [1.82, 2.24) is 0 Å². The molecule has 2 heteroatoms. The summed E-state index contributed by atoms with van der Waals surface area (Å²) in [6.45, 7) is 21.8. The topological polar surface area (TPSA) is 40.5 Å². The van der Waals surface area contributed by atoms with Gasteiger partial charge in [-0.05, 0) is 60.6 Å². The van der Waals surface area contributed by atoms with Gasteiger partial charge in [-0.1, -0.05) is 92.3 Å². The summed E-state index contributed by atoms with van der Waals surface area (Å²) in [4.78, 5) is 0. The number of benzene rings is 1. The van der Waals surface area contributed by atoms with Gasteiger partial charge in [-0.2, -0.15) is 0 Å². The molecular formula is C26H44O2. The van der Waals surface area contributed by atoms with E-state index >= 15 is 0 Å². The van der Waals surface area contributed by atoms with Crippen LogP contribution in [0.1, 0.15) is 80.7 Å². The van der Waals surface area contributed by atoms with Crippen LogP contribution in [0.4, 0.5) is 0 Å². The number of aromatic hydroxyl groups is 1. The molecule has 28 heavy (non-hydrogen) atoms. The molecule has 0 heterocycles. The first-order chi connectivity index (χ1) is 13.5. The first-order valence-corrected chi connectivity index (χ1v) is 10.7. The fourth-order valence-electron chi connectivity index (χ4n) is 2.34. The molecule has 0 radical (unpaired) electrons. The largest absolute Gasteiger partial charge is 0.513 e. The summed E-state index contributed by atoms with van der Waals surface area (Å²) < 4.78 is 0. The second-order valence-electron chi connectivity index (χ2n) is 5.47. The summed E-state index contributed by atoms with van der Waals surface area (Å²) >= 11 is 0. The third kappa shape index (κ3) is 13.9. The third-order valence-electron chi connectivity index (χ3n) is 3.54. The van der Waals surface area contributed by atoms with Crippen molar-refractivity contribution in [2.45, 2.75) is 75.2 Å². The summed E-state index contributed by atoms with van der Waals surface area (Å²) in [5.74, 6) is 0.858. The fourth-order valence-corrected chi connectivity index (χ4v) is 2.34. The average Bonchev–Trinajstić information content (AvgIpc) is 2.73. The minimum Gasteiger partial charge on any atom is -0.513 e. The Balaban J connectivity index is -0.000000946. The number of aliphatic hydroxyl groups is 1. The van der Waals surface area contributed by atoms with E-state index < -0.39 is 0 Å². The first-order valence-electron chi connectivity index (χ1n) is 10.7. The molecule has 0 aliphatic carbocycles. The monoisotopic (exact) mass is 388 g/mol. The SMILES string of the molecule is C=C/C(=C\C=C(/C)O)C(C)C/C(=C\CC)c1ccc(O)cc1.CC.CC.CC. The van der Waals surface area contributed by atoms with Crippen molar-refractivity contribution in [3.63, 3.8) is 0 Å². The van der Waals surface area contributed by atoms with Gasteiger partial charge in [0, 0.05) is 0 Å². The van der Waals surface area contributed by atoms with Crippen LogP contribution in [0, 0.1) is 5.92 Å². The Kier molecular flexibility index (Phi) is 23.0. The molecule has 1 rings (SSSR count). The maximum Gasteiger partial charge on any atom is 0.115 e. The summed E-state index contributed by atoms with van der Waals surface area (Å²) in [5, 5.41) is 18.7. The number of hydrogen-bond acceptors (Lipinski definition) is 2. The standard InChI is InChI=1S/C20H26O2.3C2H6/c1-5-7-19(18-10-12-20(22)13-11-18)14-15(3)17(6-2)9-8-16(4)21;3*1-2/h6-13,15,21-22H,2,5,14H2,1,3-4H3;3*1-2H3/b16-8+,17-9+,19-7+;;;. The van der Waals surface area contributed by atoms with E-state index in [4.69, 9.17) is 0 Å². The maximum atomic E-state index is 9.43. The minimum atomic E-state index is 0.280. The van der Waals surface area contributed by atoms with Crippen LogP contribution in [0.2, 0.25) is 0 Å². The van der Waals surface area contributed by atoms with E-state index in [0.717, 1.165) is 24.0 Å². The van der Waals surface area contributed by atoms with E-state index in [2.05, 4.69) is 26.5 Å². The molecule has 0 spiro atoms. The van der Waals surface area contributed by atoms with Crippen molar-refractivity contribution < 1.29 is 10.2 Å². The Morgan fingerprint density at radius 1 is 1.00 bits per heavy atom. The zero-order valence-electron chi connectivity index (χ0n) is 19.7. The van der Waals surface area contributed by atoms with Crippen LogP contribution in [0.25, 0.3) is 5.57 Å². The van der Waals surface area contributed by atoms with Gasteiger partial charge < -0.3 is 10.2 Å². The molecule has 0 saturated heterocycles. The van der Waals surface area contributed by atoms with E-state index in [1.807, 2.05) is 65.8 Å². The van der Waals surface area contributed by atoms with Crippen molar-refractivity contribution in [1.29, 1.82) is 0 Å². The predicted molar refractivity (Wildman–Crippen MR) is 129 cm³/mol. The zero-order valence-corrected chi connectivity index (χ0v) is 19.7. The summed E-state index contributed by atoms with van der Waals surface area (Å²) in [5.41, 5.74) is 3.48. The van der Waals surface area contributed by atoms with E-state index in [1.54, 1.807) is 25.1 Å². The summed E-state index contributed by atoms with van der Waals surface area (Å²) in [6.07, 6.45) is 9.51. The lowest BCUT2D eigenvalue weighted by atomic mass is 9.89. The molecule has 0 aliphatic heterocycles. The molecule has 160 valence electrons. The Labute approximate surface area is 175 Å². The number of rotatable bonds is 7. The molecular weight excluding hydrogens is 344 g/mol. The van der Waals surface area contributed by atoms with Gasteiger partial charge >= 0.3 is 0 Å². The van der Waals surface area contributed by atoms with Gasteiger partial charge in [0.05, 0.1) is 5.76 Å². The highest BCUT2D eigenvalue weighted by Crippen LogP contribution is 2.28. The molecule has 2 nitrogen and oxygen atoms in total. The molecule has 1 atom stereocenters. The lowest BCUT2D eigenvalue weighted by molar-refractivity contribution is 0.414. The Morgan fingerprint density at radius 2 is 1.50 bits per heavy atom. The van der Waals surface area contributed by atoms with Crippen molar-refractivity contribution >= 4 is 5.57 Å². The van der Waals surface area contributed by atoms with E-state index in [-0.39, 0.29) is 11.5 Å². The quantitative estimate of drug-likeness (QED) is 0.361. The van der Waals surface area contributed by atoms with Crippen molar-refractivity contribution in [2.75, 3.05) is 0 Å². The van der Waals surface area contributed by atoms with Crippen LogP contribution >= 0.6 is 0 Å². The van der Waals surface area contributed by atoms with Gasteiger partial charge in [0.1, 0.15) is 5.75 Å². The second-order valence-corrected chi connectivity index (χ2v) is 5.47. The van der Waals surface area contributed by atoms with Crippen LogP contribution in [0.5, 0.6) is 5.75 Å². The molecule has 0 fully saturated rings. The zero-order chi connectivity index (χ0) is 22.5. The van der Waals surface area contributed by atoms with Gasteiger partial charge in [-0.3, -0.25) is 0 Å². The summed E-state index contributed by atoms with van der Waals surface area (Å²) in [6, 6.07) is 7.31. The van der Waals surface area contributed by atoms with Crippen molar-refractivity contribution in [3.8, 4) is 5.75 Å². The molecule has 1 aromatic carbocycles. The lowest BCUT2D eigenvalue weighted by Gasteiger charge is -2.16. The van der Waals surface area contributed by atoms with Crippen molar-refractivity contribution in [3.05, 3.63) is 72.0 Å². The predicted octanol–water partition coefficient (Wildman–Crippen LogP) is 8.86. The highest BCUT2D eigenvalue weighted by Gasteiger charge is 2.10. The molecule has 2 N–H and O–H groups in total. The van der Waals surface area contributed by atoms with E-state index in [0.29, 0.717) is 5.92 Å². The molecule has 0 amide bonds. The lowest BCUT2D eigenvalue weighted by Crippen LogP contribution is -2.00. The van der Waals surface area contributed by atoms with Gasteiger partial charge in [-0.25, -0.2) is 0 Å². The number of allylic oxidation sites excluding steroid dienone is 7. The van der Waals surface area contributed by atoms with E-state index in [1.165, 1.54) is 5.57 Å². The summed E-state index contributed by atoms with van der Waals surface area (Å²) in [7, 11) is 0. The van der Waals surface area contributed by atoms with Crippen LogP contribution < -0.4 is 0 Å². The third-order valence-corrected chi connectivity index (χ3v) is 3.54. The smallest absolute Gasteiger partial charge is 0.115 e. The number of hydrogen-bond donors (Lipinski definition) is 2. The first kappa shape index (κ1) is 30.5. The molecule has 1 aromatic rings. The van der Waals surface area contributed by atoms with Gasteiger partial charge in [0.25, 0.3) is 0 Å². The Hall–Kier alpha value is -2.22. The fraction of sp³-hybridized carbons (Fsp3) is 0.462. The number of phenols is 1. The molecule has 0 bridgehead atoms. The Bertz CT molecular complexity index is 571. The Morgan fingerprint density at radius 3 is 1.89 bits per heavy atom. The second kappa shape index (κ2) is 21.1.